The standard InChI is InChI=1S/C51H76N4O7/c1-35(2)28-37(5)24-25-41(29-38-18-12-10-13-19-38)48(59)54-27-17-23-44(54)46(57)31-42(36(3)4)47(58)53-43(22-16-26-52-49(60)62-34-39-20-14-11-15-21-39)45(56)30-40-32-50(6,7)55(61)51(8,9)33-40/h10-15,18-21,24-25,35-37,40-44,61H,16-17,22-23,26-34H2,1-9H3,(H,52,60)(H,53,58)/b25-24+/t37-,41-,42+,43+,44?/m1/s1. The summed E-state index contributed by atoms with van der Waals surface area (Å²) in [5, 5.41) is 18.1. The Bertz CT molecular complexity index is 1780. The summed E-state index contributed by atoms with van der Waals surface area (Å²) in [4.78, 5) is 71.3. The average Bonchev–Trinajstić information content (AvgIpc) is 3.71. The number of alkyl carbamates (subject to hydrolysis) is 1. The van der Waals surface area contributed by atoms with Gasteiger partial charge in [-0.05, 0) is 114 Å². The average molecular weight is 857 g/mol. The monoisotopic (exact) mass is 857 g/mol. The molecule has 11 heteroatoms. The first kappa shape index (κ1) is 50.3. The molecule has 11 nitrogen and oxygen atoms in total. The molecule has 2 aliphatic rings. The van der Waals surface area contributed by atoms with Crippen molar-refractivity contribution in [2.45, 2.75) is 156 Å². The van der Waals surface area contributed by atoms with Crippen LogP contribution in [0.4, 0.5) is 4.79 Å². The van der Waals surface area contributed by atoms with Gasteiger partial charge in [-0.3, -0.25) is 19.2 Å². The second-order valence-electron chi connectivity index (χ2n) is 20.1. The summed E-state index contributed by atoms with van der Waals surface area (Å²) in [6.45, 7) is 19.1. The van der Waals surface area contributed by atoms with E-state index in [9.17, 15) is 29.2 Å². The maximum Gasteiger partial charge on any atom is 0.407 e. The van der Waals surface area contributed by atoms with Crippen molar-refractivity contribution in [3.63, 3.8) is 0 Å². The molecular formula is C51H76N4O7. The third-order valence-corrected chi connectivity index (χ3v) is 12.7. The first-order chi connectivity index (χ1) is 29.3. The molecule has 2 aromatic carbocycles. The molecule has 0 spiro atoms. The van der Waals surface area contributed by atoms with E-state index < -0.39 is 41.1 Å². The van der Waals surface area contributed by atoms with Gasteiger partial charge in [0.25, 0.3) is 0 Å². The number of piperidine rings is 1. The Morgan fingerprint density at radius 1 is 0.871 bits per heavy atom. The molecule has 62 heavy (non-hydrogen) atoms. The van der Waals surface area contributed by atoms with E-state index in [4.69, 9.17) is 4.74 Å². The maximum atomic E-state index is 14.4. The first-order valence-electron chi connectivity index (χ1n) is 23.1. The Morgan fingerprint density at radius 3 is 2.08 bits per heavy atom. The van der Waals surface area contributed by atoms with Crippen LogP contribution in [0.1, 0.15) is 131 Å². The van der Waals surface area contributed by atoms with Crippen molar-refractivity contribution in [2.75, 3.05) is 13.1 Å². The summed E-state index contributed by atoms with van der Waals surface area (Å²) < 4.78 is 5.36. The lowest BCUT2D eigenvalue weighted by Gasteiger charge is -2.51. The van der Waals surface area contributed by atoms with Gasteiger partial charge in [-0.25, -0.2) is 4.79 Å². The van der Waals surface area contributed by atoms with E-state index in [0.29, 0.717) is 56.9 Å². The highest BCUT2D eigenvalue weighted by Gasteiger charge is 2.46. The molecule has 2 fully saturated rings. The van der Waals surface area contributed by atoms with Crippen LogP contribution in [-0.2, 0) is 36.9 Å². The summed E-state index contributed by atoms with van der Waals surface area (Å²) in [5.41, 5.74) is 0.835. The highest BCUT2D eigenvalue weighted by atomic mass is 16.5. The third-order valence-electron chi connectivity index (χ3n) is 12.7. The minimum absolute atomic E-state index is 0.0197. The number of nitrogens with one attached hydrogen (secondary N) is 2. The smallest absolute Gasteiger partial charge is 0.407 e. The van der Waals surface area contributed by atoms with Crippen LogP contribution < -0.4 is 10.6 Å². The molecule has 0 saturated carbocycles. The van der Waals surface area contributed by atoms with Crippen LogP contribution in [0.5, 0.6) is 0 Å². The topological polar surface area (TPSA) is 145 Å². The lowest BCUT2D eigenvalue weighted by atomic mass is 9.73. The SMILES string of the molecule is CC(C)C[C@H](C)/C=C/[C@H](Cc1ccccc1)C(=O)N1CCCC1C(=O)C[C@H](C(=O)N[C@@H](CCCNC(=O)OCc1ccccc1)C(=O)CC1CC(C)(C)N(O)C(C)(C)C1)C(C)C. The summed E-state index contributed by atoms with van der Waals surface area (Å²) in [6.07, 6.45) is 8.47. The number of hydroxylamine groups is 2. The Balaban J connectivity index is 1.46. The molecule has 2 aliphatic heterocycles. The number of benzene rings is 2. The first-order valence-corrected chi connectivity index (χ1v) is 23.1. The van der Waals surface area contributed by atoms with Gasteiger partial charge in [0, 0.05) is 42.9 Å². The minimum Gasteiger partial charge on any atom is -0.445 e. The predicted octanol–water partition coefficient (Wildman–Crippen LogP) is 9.12. The van der Waals surface area contributed by atoms with Gasteiger partial charge in [0.15, 0.2) is 11.6 Å². The number of ketones is 2. The molecule has 2 heterocycles. The van der Waals surface area contributed by atoms with E-state index in [1.807, 2.05) is 108 Å². The quantitative estimate of drug-likeness (QED) is 0.0786. The molecule has 0 aliphatic carbocycles. The summed E-state index contributed by atoms with van der Waals surface area (Å²) in [6, 6.07) is 17.9. The van der Waals surface area contributed by atoms with Crippen LogP contribution in [0, 0.1) is 35.5 Å². The maximum absolute atomic E-state index is 14.4. The Morgan fingerprint density at radius 2 is 1.48 bits per heavy atom. The van der Waals surface area contributed by atoms with Crippen molar-refractivity contribution >= 4 is 29.5 Å². The zero-order chi connectivity index (χ0) is 45.6. The molecule has 2 saturated heterocycles. The number of rotatable bonds is 22. The van der Waals surface area contributed by atoms with E-state index in [0.717, 1.165) is 17.5 Å². The number of Topliss-reactive ketones (excluding diaryl/α,β-unsaturated/α-hetero) is 2. The van der Waals surface area contributed by atoms with Crippen LogP contribution in [0.3, 0.4) is 0 Å². The van der Waals surface area contributed by atoms with Crippen molar-refractivity contribution in [3.05, 3.63) is 83.9 Å². The molecule has 1 unspecified atom stereocenters. The zero-order valence-electron chi connectivity index (χ0n) is 39.0. The molecule has 0 aromatic heterocycles. The Kier molecular flexibility index (Phi) is 19.0. The number of ether oxygens (including phenoxy) is 1. The molecule has 0 bridgehead atoms. The van der Waals surface area contributed by atoms with Gasteiger partial charge in [-0.15, -0.1) is 0 Å². The predicted molar refractivity (Wildman–Crippen MR) is 244 cm³/mol. The highest BCUT2D eigenvalue weighted by molar-refractivity contribution is 5.95. The van der Waals surface area contributed by atoms with Gasteiger partial charge >= 0.3 is 6.09 Å². The number of hydrogen-bond acceptors (Lipinski definition) is 8. The number of likely N-dealkylation sites (tertiary alicyclic amines) is 1. The zero-order valence-corrected chi connectivity index (χ0v) is 39.0. The third kappa shape index (κ3) is 15.2. The fraction of sp³-hybridized carbons (Fsp3) is 0.627. The lowest BCUT2D eigenvalue weighted by molar-refractivity contribution is -0.251. The molecule has 4 rings (SSSR count). The number of nitrogens with zero attached hydrogens (tertiary/aromatic N) is 2. The van der Waals surface area contributed by atoms with Gasteiger partial charge in [0.05, 0.1) is 18.0 Å². The molecule has 342 valence electrons. The number of hydrogen-bond donors (Lipinski definition) is 3. The number of carbonyl (C=O) groups is 5. The molecule has 3 amide bonds. The van der Waals surface area contributed by atoms with Crippen molar-refractivity contribution in [3.8, 4) is 0 Å². The van der Waals surface area contributed by atoms with Crippen LogP contribution in [0.2, 0.25) is 0 Å². The number of carbonyl (C=O) groups excluding carboxylic acids is 5. The molecule has 0 radical (unpaired) electrons. The van der Waals surface area contributed by atoms with Gasteiger partial charge in [-0.1, -0.05) is 107 Å². The molecular weight excluding hydrogens is 781 g/mol. The van der Waals surface area contributed by atoms with Crippen LogP contribution in [-0.4, -0.2) is 80.9 Å². The minimum atomic E-state index is -0.840. The summed E-state index contributed by atoms with van der Waals surface area (Å²) >= 11 is 0. The van der Waals surface area contributed by atoms with E-state index in [1.165, 1.54) is 5.06 Å². The highest BCUT2D eigenvalue weighted by Crippen LogP contribution is 2.41. The second kappa shape index (κ2) is 23.4. The summed E-state index contributed by atoms with van der Waals surface area (Å²) in [5.74, 6) is -1.22. The number of amides is 3. The number of allylic oxidation sites excluding steroid dienone is 1. The normalized spacial score (nSPS) is 19.9. The largest absolute Gasteiger partial charge is 0.445 e. The summed E-state index contributed by atoms with van der Waals surface area (Å²) in [7, 11) is 0. The van der Waals surface area contributed by atoms with Crippen LogP contribution in [0.25, 0.3) is 0 Å². The van der Waals surface area contributed by atoms with Gasteiger partial charge in [0.1, 0.15) is 6.61 Å². The Labute approximate surface area is 371 Å². The van der Waals surface area contributed by atoms with Crippen LogP contribution >= 0.6 is 0 Å². The van der Waals surface area contributed by atoms with E-state index >= 15 is 0 Å². The van der Waals surface area contributed by atoms with Gasteiger partial charge in [-0.2, -0.15) is 5.06 Å². The fourth-order valence-electron chi connectivity index (χ4n) is 9.73. The van der Waals surface area contributed by atoms with Crippen molar-refractivity contribution in [1.29, 1.82) is 0 Å². The van der Waals surface area contributed by atoms with Gasteiger partial charge < -0.3 is 25.5 Å². The van der Waals surface area contributed by atoms with E-state index in [1.54, 1.807) is 4.90 Å². The second-order valence-corrected chi connectivity index (χ2v) is 20.1. The molecule has 2 aromatic rings. The molecule has 3 N–H and O–H groups in total. The molecule has 5 atom stereocenters. The fourth-order valence-corrected chi connectivity index (χ4v) is 9.73. The van der Waals surface area contributed by atoms with Crippen molar-refractivity contribution < 1.29 is 33.9 Å². The van der Waals surface area contributed by atoms with E-state index in [-0.39, 0.29) is 67.6 Å². The Hall–Kier alpha value is -4.35. The lowest BCUT2D eigenvalue weighted by Crippen LogP contribution is -2.59. The van der Waals surface area contributed by atoms with Gasteiger partial charge in [0.2, 0.25) is 11.8 Å². The van der Waals surface area contributed by atoms with E-state index in [2.05, 4.69) is 37.5 Å². The van der Waals surface area contributed by atoms with Crippen molar-refractivity contribution in [1.82, 2.24) is 20.6 Å². The van der Waals surface area contributed by atoms with Crippen LogP contribution in [0.15, 0.2) is 72.8 Å². The van der Waals surface area contributed by atoms with Crippen molar-refractivity contribution in [2.24, 2.45) is 35.5 Å².